The van der Waals surface area contributed by atoms with Gasteiger partial charge in [0.1, 0.15) is 5.69 Å². The van der Waals surface area contributed by atoms with Crippen LogP contribution in [-0.4, -0.2) is 32.9 Å². The summed E-state index contributed by atoms with van der Waals surface area (Å²) in [6.45, 7) is 5.76. The maximum Gasteiger partial charge on any atom is 0.275 e. The lowest BCUT2D eigenvalue weighted by Crippen LogP contribution is -2.26. The quantitative estimate of drug-likeness (QED) is 0.359. The van der Waals surface area contributed by atoms with Crippen molar-refractivity contribution in [1.82, 2.24) is 14.7 Å². The van der Waals surface area contributed by atoms with E-state index < -0.39 is 0 Å². The number of ketones is 1. The van der Waals surface area contributed by atoms with Gasteiger partial charge >= 0.3 is 0 Å². The van der Waals surface area contributed by atoms with E-state index in [0.717, 1.165) is 0 Å². The molecule has 0 saturated carbocycles. The summed E-state index contributed by atoms with van der Waals surface area (Å²) in [5.41, 5.74) is 1.53. The summed E-state index contributed by atoms with van der Waals surface area (Å²) in [6.07, 6.45) is 0. The van der Waals surface area contributed by atoms with Crippen LogP contribution in [0.3, 0.4) is 0 Å². The van der Waals surface area contributed by atoms with Gasteiger partial charge in [-0.15, -0.1) is 0 Å². The first-order chi connectivity index (χ1) is 7.49. The number of hydrogen-bond acceptors (Lipinski definition) is 3. The SMILES string of the molecule is CCN1C(=O)c2c(C(C)=O)c(C)nn2C1I. The second-order valence-corrected chi connectivity index (χ2v) is 4.83. The highest BCUT2D eigenvalue weighted by molar-refractivity contribution is 14.1. The molecule has 1 aromatic heterocycles. The zero-order valence-electron chi connectivity index (χ0n) is 9.32. The topological polar surface area (TPSA) is 55.2 Å². The van der Waals surface area contributed by atoms with E-state index in [1.54, 1.807) is 16.5 Å². The van der Waals surface area contributed by atoms with Crippen LogP contribution in [0, 0.1) is 6.92 Å². The van der Waals surface area contributed by atoms with Crippen LogP contribution in [0.5, 0.6) is 0 Å². The Balaban J connectivity index is 2.62. The van der Waals surface area contributed by atoms with Crippen LogP contribution in [-0.2, 0) is 0 Å². The van der Waals surface area contributed by atoms with Crippen molar-refractivity contribution in [3.05, 3.63) is 17.0 Å². The lowest BCUT2D eigenvalue weighted by molar-refractivity contribution is 0.0775. The number of rotatable bonds is 2. The monoisotopic (exact) mass is 333 g/mol. The Bertz CT molecular complexity index is 481. The number of hydrogen-bond donors (Lipinski definition) is 0. The Kier molecular flexibility index (Phi) is 2.77. The highest BCUT2D eigenvalue weighted by Gasteiger charge is 2.39. The summed E-state index contributed by atoms with van der Waals surface area (Å²) >= 11 is 2.15. The van der Waals surface area contributed by atoms with Crippen LogP contribution >= 0.6 is 22.6 Å². The van der Waals surface area contributed by atoms with Gasteiger partial charge in [0.25, 0.3) is 5.91 Å². The Morgan fingerprint density at radius 1 is 1.56 bits per heavy atom. The van der Waals surface area contributed by atoms with Gasteiger partial charge in [-0.25, -0.2) is 4.68 Å². The van der Waals surface area contributed by atoms with Crippen LogP contribution in [0.25, 0.3) is 0 Å². The summed E-state index contributed by atoms with van der Waals surface area (Å²) < 4.78 is 1.51. The molecular weight excluding hydrogens is 321 g/mol. The third-order valence-electron chi connectivity index (χ3n) is 2.70. The molecule has 1 amide bonds. The second kappa shape index (κ2) is 3.83. The van der Waals surface area contributed by atoms with Crippen molar-refractivity contribution < 1.29 is 9.59 Å². The summed E-state index contributed by atoms with van der Waals surface area (Å²) in [4.78, 5) is 25.3. The summed E-state index contributed by atoms with van der Waals surface area (Å²) in [5.74, 6) is -0.207. The first-order valence-electron chi connectivity index (χ1n) is 5.04. The molecule has 2 heterocycles. The molecule has 2 rings (SSSR count). The van der Waals surface area contributed by atoms with Gasteiger partial charge in [-0.1, -0.05) is 0 Å². The lowest BCUT2D eigenvalue weighted by atomic mass is 10.1. The molecule has 0 bridgehead atoms. The molecule has 0 spiro atoms. The molecule has 1 aromatic rings. The Labute approximate surface area is 107 Å². The van der Waals surface area contributed by atoms with E-state index in [-0.39, 0.29) is 15.9 Å². The number of halogens is 1. The number of aromatic nitrogens is 2. The standard InChI is InChI=1S/C10H12IN3O2/c1-4-13-9(16)8-7(6(3)15)5(2)12-14(8)10(13)11/h10H,4H2,1-3H3. The molecule has 1 atom stereocenters. The highest BCUT2D eigenvalue weighted by atomic mass is 127. The van der Waals surface area contributed by atoms with Gasteiger partial charge in [-0.3, -0.25) is 9.59 Å². The third-order valence-corrected chi connectivity index (χ3v) is 3.90. The van der Waals surface area contributed by atoms with E-state index >= 15 is 0 Å². The van der Waals surface area contributed by atoms with Crippen molar-refractivity contribution in [2.75, 3.05) is 6.54 Å². The maximum absolute atomic E-state index is 12.1. The van der Waals surface area contributed by atoms with Crippen LogP contribution in [0.4, 0.5) is 0 Å². The molecule has 1 unspecified atom stereocenters. The Morgan fingerprint density at radius 2 is 2.19 bits per heavy atom. The number of fused-ring (bicyclic) bond motifs is 1. The van der Waals surface area contributed by atoms with E-state index in [1.165, 1.54) is 6.92 Å². The number of carbonyl (C=O) groups excluding carboxylic acids is 2. The van der Waals surface area contributed by atoms with Crippen LogP contribution < -0.4 is 0 Å². The lowest BCUT2D eigenvalue weighted by Gasteiger charge is -2.17. The molecule has 0 aliphatic carbocycles. The minimum Gasteiger partial charge on any atom is -0.307 e. The van der Waals surface area contributed by atoms with Crippen molar-refractivity contribution in [3.63, 3.8) is 0 Å². The van der Waals surface area contributed by atoms with E-state index in [4.69, 9.17) is 0 Å². The number of nitrogens with zero attached hydrogens (tertiary/aromatic N) is 3. The normalized spacial score (nSPS) is 19.1. The molecule has 0 fully saturated rings. The number of amides is 1. The van der Waals surface area contributed by atoms with Crippen molar-refractivity contribution in [2.24, 2.45) is 0 Å². The third kappa shape index (κ3) is 1.39. The fourth-order valence-corrected chi connectivity index (χ4v) is 3.04. The number of Topliss-reactive ketones (excluding diaryl/α,β-unsaturated/α-hetero) is 1. The largest absolute Gasteiger partial charge is 0.307 e. The van der Waals surface area contributed by atoms with Crippen molar-refractivity contribution in [1.29, 1.82) is 0 Å². The van der Waals surface area contributed by atoms with E-state index in [1.807, 2.05) is 6.92 Å². The average Bonchev–Trinajstić information content (AvgIpc) is 2.65. The minimum atomic E-state index is -0.128. The zero-order valence-corrected chi connectivity index (χ0v) is 11.5. The molecule has 1 aliphatic heterocycles. The minimum absolute atomic E-state index is 0.103. The zero-order chi connectivity index (χ0) is 12.0. The smallest absolute Gasteiger partial charge is 0.275 e. The van der Waals surface area contributed by atoms with Crippen molar-refractivity contribution >= 4 is 34.3 Å². The van der Waals surface area contributed by atoms with Gasteiger partial charge in [-0.05, 0) is 43.4 Å². The summed E-state index contributed by atoms with van der Waals surface area (Å²) in [6, 6.07) is 0. The van der Waals surface area contributed by atoms with E-state index in [2.05, 4.69) is 27.7 Å². The number of aryl methyl sites for hydroxylation is 1. The Hall–Kier alpha value is -0.920. The number of carbonyl (C=O) groups is 2. The molecule has 5 nitrogen and oxygen atoms in total. The molecule has 0 radical (unpaired) electrons. The molecule has 86 valence electrons. The van der Waals surface area contributed by atoms with Gasteiger partial charge in [0.15, 0.2) is 9.96 Å². The fourth-order valence-electron chi connectivity index (χ4n) is 1.99. The molecule has 0 N–H and O–H groups in total. The molecule has 0 saturated heterocycles. The van der Waals surface area contributed by atoms with E-state index in [0.29, 0.717) is 23.5 Å². The van der Waals surface area contributed by atoms with Gasteiger partial charge in [-0.2, -0.15) is 5.10 Å². The molecule has 0 aromatic carbocycles. The van der Waals surface area contributed by atoms with Crippen molar-refractivity contribution in [3.8, 4) is 0 Å². The predicted molar refractivity (Wildman–Crippen MR) is 66.7 cm³/mol. The van der Waals surface area contributed by atoms with Gasteiger partial charge in [0.2, 0.25) is 0 Å². The predicted octanol–water partition coefficient (Wildman–Crippen LogP) is 1.76. The first-order valence-corrected chi connectivity index (χ1v) is 6.28. The van der Waals surface area contributed by atoms with Gasteiger partial charge < -0.3 is 4.90 Å². The molecular formula is C10H12IN3O2. The average molecular weight is 333 g/mol. The van der Waals surface area contributed by atoms with Crippen LogP contribution in [0.1, 0.15) is 44.6 Å². The van der Waals surface area contributed by atoms with E-state index in [9.17, 15) is 9.59 Å². The first kappa shape index (κ1) is 11.6. The summed E-state index contributed by atoms with van der Waals surface area (Å²) in [5, 5.41) is 4.27. The Morgan fingerprint density at radius 3 is 2.69 bits per heavy atom. The second-order valence-electron chi connectivity index (χ2n) is 3.71. The summed E-state index contributed by atoms with van der Waals surface area (Å²) in [7, 11) is 0. The highest BCUT2D eigenvalue weighted by Crippen LogP contribution is 2.34. The number of alkyl halides is 1. The molecule has 1 aliphatic rings. The van der Waals surface area contributed by atoms with Crippen molar-refractivity contribution in [2.45, 2.75) is 24.9 Å². The molecule has 16 heavy (non-hydrogen) atoms. The van der Waals surface area contributed by atoms with Crippen LogP contribution in [0.15, 0.2) is 0 Å². The van der Waals surface area contributed by atoms with Gasteiger partial charge in [0, 0.05) is 6.54 Å². The fraction of sp³-hybridized carbons (Fsp3) is 0.500. The maximum atomic E-state index is 12.1. The van der Waals surface area contributed by atoms with Gasteiger partial charge in [0.05, 0.1) is 11.3 Å². The molecule has 6 heteroatoms. The van der Waals surface area contributed by atoms with Crippen LogP contribution in [0.2, 0.25) is 0 Å².